The molecule has 2 heterocycles. The van der Waals surface area contributed by atoms with Crippen LogP contribution in [0, 0.1) is 0 Å². The SMILES string of the molecule is CN1C(=O)CN(c2cccc(CN3CCNCC3)c2)CC1=O. The minimum Gasteiger partial charge on any atom is -0.353 e. The Morgan fingerprint density at radius 2 is 1.77 bits per heavy atom. The van der Waals surface area contributed by atoms with Gasteiger partial charge in [-0.1, -0.05) is 12.1 Å². The molecule has 2 aliphatic heterocycles. The van der Waals surface area contributed by atoms with Crippen molar-refractivity contribution in [1.29, 1.82) is 0 Å². The van der Waals surface area contributed by atoms with Crippen molar-refractivity contribution < 1.29 is 9.59 Å². The Morgan fingerprint density at radius 3 is 2.45 bits per heavy atom. The van der Waals surface area contributed by atoms with E-state index in [9.17, 15) is 9.59 Å². The van der Waals surface area contributed by atoms with Crippen LogP contribution >= 0.6 is 0 Å². The molecule has 3 rings (SSSR count). The number of rotatable bonds is 3. The summed E-state index contributed by atoms with van der Waals surface area (Å²) >= 11 is 0. The van der Waals surface area contributed by atoms with E-state index >= 15 is 0 Å². The summed E-state index contributed by atoms with van der Waals surface area (Å²) in [5.41, 5.74) is 2.17. The highest BCUT2D eigenvalue weighted by Crippen LogP contribution is 2.19. The summed E-state index contributed by atoms with van der Waals surface area (Å²) in [5.74, 6) is -0.299. The Bertz CT molecular complexity index is 551. The number of hydrogen-bond donors (Lipinski definition) is 1. The fourth-order valence-electron chi connectivity index (χ4n) is 2.90. The van der Waals surface area contributed by atoms with Gasteiger partial charge in [0.2, 0.25) is 11.8 Å². The quantitative estimate of drug-likeness (QED) is 0.790. The second-order valence-electron chi connectivity index (χ2n) is 5.90. The average molecular weight is 302 g/mol. The number of imide groups is 1. The molecule has 0 aliphatic carbocycles. The molecule has 0 saturated carbocycles. The third-order valence-electron chi connectivity index (χ3n) is 4.29. The van der Waals surface area contributed by atoms with Crippen molar-refractivity contribution in [2.45, 2.75) is 6.54 Å². The molecule has 0 radical (unpaired) electrons. The topological polar surface area (TPSA) is 55.9 Å². The Labute approximate surface area is 130 Å². The van der Waals surface area contributed by atoms with E-state index in [4.69, 9.17) is 0 Å². The fraction of sp³-hybridized carbons (Fsp3) is 0.500. The van der Waals surface area contributed by atoms with Crippen molar-refractivity contribution in [3.05, 3.63) is 29.8 Å². The van der Waals surface area contributed by atoms with E-state index in [1.54, 1.807) is 7.05 Å². The van der Waals surface area contributed by atoms with Crippen molar-refractivity contribution in [3.63, 3.8) is 0 Å². The van der Waals surface area contributed by atoms with Crippen LogP contribution in [-0.4, -0.2) is 67.9 Å². The summed E-state index contributed by atoms with van der Waals surface area (Å²) in [6.07, 6.45) is 0. The number of hydrogen-bond acceptors (Lipinski definition) is 5. The first-order valence-corrected chi connectivity index (χ1v) is 7.70. The normalized spacial score (nSPS) is 20.6. The zero-order chi connectivity index (χ0) is 15.5. The van der Waals surface area contributed by atoms with Gasteiger partial charge in [-0.25, -0.2) is 0 Å². The van der Waals surface area contributed by atoms with Crippen molar-refractivity contribution in [3.8, 4) is 0 Å². The lowest BCUT2D eigenvalue weighted by Crippen LogP contribution is -2.52. The molecule has 0 bridgehead atoms. The lowest BCUT2D eigenvalue weighted by atomic mass is 10.1. The maximum Gasteiger partial charge on any atom is 0.248 e. The van der Waals surface area contributed by atoms with Crippen molar-refractivity contribution in [2.24, 2.45) is 0 Å². The zero-order valence-electron chi connectivity index (χ0n) is 12.9. The van der Waals surface area contributed by atoms with Crippen molar-refractivity contribution in [2.75, 3.05) is 51.2 Å². The summed E-state index contributed by atoms with van der Waals surface area (Å²) < 4.78 is 0. The molecule has 1 aromatic rings. The summed E-state index contributed by atoms with van der Waals surface area (Å²) in [6, 6.07) is 8.16. The highest BCUT2D eigenvalue weighted by atomic mass is 16.2. The lowest BCUT2D eigenvalue weighted by Gasteiger charge is -2.32. The predicted molar refractivity (Wildman–Crippen MR) is 84.6 cm³/mol. The second kappa shape index (κ2) is 6.46. The standard InChI is InChI=1S/C16H22N4O2/c1-18-15(21)11-20(12-16(18)22)14-4-2-3-13(9-14)10-19-7-5-17-6-8-19/h2-4,9,17H,5-8,10-12H2,1H3. The molecule has 0 atom stereocenters. The van der Waals surface area contributed by atoms with E-state index in [1.165, 1.54) is 10.5 Å². The van der Waals surface area contributed by atoms with Gasteiger partial charge in [0.1, 0.15) is 0 Å². The molecule has 2 amide bonds. The fourth-order valence-corrected chi connectivity index (χ4v) is 2.90. The van der Waals surface area contributed by atoms with E-state index in [0.29, 0.717) is 0 Å². The largest absolute Gasteiger partial charge is 0.353 e. The molecule has 1 aromatic carbocycles. The number of piperazine rings is 2. The second-order valence-corrected chi connectivity index (χ2v) is 5.90. The number of amides is 2. The van der Waals surface area contributed by atoms with Gasteiger partial charge in [-0.3, -0.25) is 19.4 Å². The van der Waals surface area contributed by atoms with Gasteiger partial charge in [0.05, 0.1) is 13.1 Å². The lowest BCUT2D eigenvalue weighted by molar-refractivity contribution is -0.143. The molecule has 2 fully saturated rings. The number of benzene rings is 1. The third kappa shape index (κ3) is 3.28. The smallest absolute Gasteiger partial charge is 0.248 e. The van der Waals surface area contributed by atoms with Crippen LogP contribution in [0.25, 0.3) is 0 Å². The average Bonchev–Trinajstić information content (AvgIpc) is 2.53. The third-order valence-corrected chi connectivity index (χ3v) is 4.29. The van der Waals surface area contributed by atoms with Crippen LogP contribution in [0.15, 0.2) is 24.3 Å². The highest BCUT2D eigenvalue weighted by Gasteiger charge is 2.28. The van der Waals surface area contributed by atoms with Crippen LogP contribution in [0.1, 0.15) is 5.56 Å². The summed E-state index contributed by atoms with van der Waals surface area (Å²) in [4.78, 5) is 29.2. The first-order valence-electron chi connectivity index (χ1n) is 7.70. The van der Waals surface area contributed by atoms with Gasteiger partial charge >= 0.3 is 0 Å². The van der Waals surface area contributed by atoms with Crippen LogP contribution in [0.4, 0.5) is 5.69 Å². The van der Waals surface area contributed by atoms with Crippen LogP contribution < -0.4 is 10.2 Å². The van der Waals surface area contributed by atoms with Gasteiger partial charge in [0, 0.05) is 45.5 Å². The number of nitrogens with one attached hydrogen (secondary N) is 1. The first kappa shape index (κ1) is 15.0. The van der Waals surface area contributed by atoms with Crippen LogP contribution in [0.3, 0.4) is 0 Å². The Balaban J connectivity index is 1.70. The van der Waals surface area contributed by atoms with Gasteiger partial charge in [0.15, 0.2) is 0 Å². The monoisotopic (exact) mass is 302 g/mol. The number of carbonyl (C=O) groups excluding carboxylic acids is 2. The molecule has 118 valence electrons. The van der Waals surface area contributed by atoms with Crippen LogP contribution in [0.5, 0.6) is 0 Å². The van der Waals surface area contributed by atoms with Gasteiger partial charge in [0.25, 0.3) is 0 Å². The van der Waals surface area contributed by atoms with Gasteiger partial charge in [-0.2, -0.15) is 0 Å². The van der Waals surface area contributed by atoms with Gasteiger partial charge < -0.3 is 10.2 Å². The molecular weight excluding hydrogens is 280 g/mol. The molecule has 0 unspecified atom stereocenters. The molecule has 6 nitrogen and oxygen atoms in total. The minimum atomic E-state index is -0.149. The maximum absolute atomic E-state index is 11.8. The maximum atomic E-state index is 11.8. The molecule has 1 N–H and O–H groups in total. The molecule has 0 aromatic heterocycles. The van der Waals surface area contributed by atoms with E-state index in [0.717, 1.165) is 38.4 Å². The predicted octanol–water partition coefficient (Wildman–Crippen LogP) is -0.103. The summed E-state index contributed by atoms with van der Waals surface area (Å²) in [5, 5.41) is 3.35. The van der Waals surface area contributed by atoms with Gasteiger partial charge in [-0.05, 0) is 17.7 Å². The van der Waals surface area contributed by atoms with E-state index in [-0.39, 0.29) is 24.9 Å². The summed E-state index contributed by atoms with van der Waals surface area (Å²) in [7, 11) is 1.54. The van der Waals surface area contributed by atoms with E-state index in [2.05, 4.69) is 22.3 Å². The molecule has 2 saturated heterocycles. The van der Waals surface area contributed by atoms with Crippen molar-refractivity contribution >= 4 is 17.5 Å². The molecule has 22 heavy (non-hydrogen) atoms. The molecule has 6 heteroatoms. The number of nitrogens with zero attached hydrogens (tertiary/aromatic N) is 3. The zero-order valence-corrected chi connectivity index (χ0v) is 12.9. The molecular formula is C16H22N4O2. The summed E-state index contributed by atoms with van der Waals surface area (Å²) in [6.45, 7) is 5.59. The highest BCUT2D eigenvalue weighted by molar-refractivity contribution is 6.02. The molecule has 2 aliphatic rings. The van der Waals surface area contributed by atoms with E-state index in [1.807, 2.05) is 17.0 Å². The number of likely N-dealkylation sites (N-methyl/N-ethyl adjacent to an activating group) is 1. The minimum absolute atomic E-state index is 0.149. The van der Waals surface area contributed by atoms with Crippen LogP contribution in [0.2, 0.25) is 0 Å². The Morgan fingerprint density at radius 1 is 1.09 bits per heavy atom. The Hall–Kier alpha value is -1.92. The molecule has 0 spiro atoms. The van der Waals surface area contributed by atoms with Gasteiger partial charge in [-0.15, -0.1) is 0 Å². The van der Waals surface area contributed by atoms with Crippen molar-refractivity contribution in [1.82, 2.24) is 15.1 Å². The Kier molecular flexibility index (Phi) is 4.40. The number of carbonyl (C=O) groups is 2. The first-order chi connectivity index (χ1) is 10.6. The number of anilines is 1. The van der Waals surface area contributed by atoms with E-state index < -0.39 is 0 Å². The van der Waals surface area contributed by atoms with Crippen LogP contribution in [-0.2, 0) is 16.1 Å².